The molecule has 0 spiro atoms. The minimum absolute atomic E-state index is 0.0481. The van der Waals surface area contributed by atoms with Crippen LogP contribution in [0.4, 0.5) is 5.69 Å². The first kappa shape index (κ1) is 13.3. The first-order valence-electron chi connectivity index (χ1n) is 5.48. The molecular weight excluding hydrogens is 315 g/mol. The molecule has 0 heterocycles. The van der Waals surface area contributed by atoms with Crippen LogP contribution in [-0.4, -0.2) is 19.0 Å². The molecular formula is C12H17IN2O. The molecule has 0 bridgehead atoms. The molecule has 0 aliphatic carbocycles. The van der Waals surface area contributed by atoms with Gasteiger partial charge in [-0.25, -0.2) is 0 Å². The van der Waals surface area contributed by atoms with E-state index < -0.39 is 0 Å². The van der Waals surface area contributed by atoms with Crippen molar-refractivity contribution in [2.24, 2.45) is 0 Å². The summed E-state index contributed by atoms with van der Waals surface area (Å²) < 4.78 is 1.19. The van der Waals surface area contributed by atoms with E-state index in [9.17, 15) is 4.79 Å². The van der Waals surface area contributed by atoms with E-state index in [1.165, 1.54) is 3.57 Å². The lowest BCUT2D eigenvalue weighted by Gasteiger charge is -2.07. The van der Waals surface area contributed by atoms with Crippen LogP contribution in [0, 0.1) is 3.57 Å². The zero-order chi connectivity index (χ0) is 11.8. The van der Waals surface area contributed by atoms with Gasteiger partial charge in [-0.05, 0) is 53.3 Å². The van der Waals surface area contributed by atoms with Crippen molar-refractivity contribution < 1.29 is 4.79 Å². The largest absolute Gasteiger partial charge is 0.376 e. The van der Waals surface area contributed by atoms with Crippen molar-refractivity contribution >= 4 is 34.2 Å². The Bertz CT molecular complexity index is 324. The Morgan fingerprint density at radius 2 is 2.00 bits per heavy atom. The molecule has 0 aromatic heterocycles. The van der Waals surface area contributed by atoms with Crippen LogP contribution in [0.2, 0.25) is 0 Å². The molecule has 0 aliphatic rings. The monoisotopic (exact) mass is 332 g/mol. The summed E-state index contributed by atoms with van der Waals surface area (Å²) in [6.45, 7) is 3.21. The van der Waals surface area contributed by atoms with Crippen molar-refractivity contribution in [1.82, 2.24) is 5.32 Å². The molecule has 16 heavy (non-hydrogen) atoms. The van der Waals surface area contributed by atoms with Gasteiger partial charge in [-0.1, -0.05) is 13.3 Å². The van der Waals surface area contributed by atoms with Crippen LogP contribution >= 0.6 is 22.6 Å². The van der Waals surface area contributed by atoms with Crippen molar-refractivity contribution in [3.05, 3.63) is 27.8 Å². The topological polar surface area (TPSA) is 41.1 Å². The Hall–Kier alpha value is -0.780. The number of nitrogens with one attached hydrogen (secondary N) is 2. The average Bonchev–Trinajstić information content (AvgIpc) is 2.29. The summed E-state index contributed by atoms with van der Waals surface area (Å²) in [7, 11) is 0. The Morgan fingerprint density at radius 1 is 1.31 bits per heavy atom. The summed E-state index contributed by atoms with van der Waals surface area (Å²) in [5.41, 5.74) is 0.978. The molecule has 2 N–H and O–H groups in total. The minimum Gasteiger partial charge on any atom is -0.376 e. The van der Waals surface area contributed by atoms with Gasteiger partial charge in [0, 0.05) is 15.8 Å². The molecule has 0 radical (unpaired) electrons. The summed E-state index contributed by atoms with van der Waals surface area (Å²) >= 11 is 2.25. The average molecular weight is 332 g/mol. The SMILES string of the molecule is CCCCNC(=O)CNc1ccc(I)cc1. The second kappa shape index (κ2) is 7.49. The molecule has 0 atom stereocenters. The number of benzene rings is 1. The fraction of sp³-hybridized carbons (Fsp3) is 0.417. The number of halogens is 1. The number of hydrogen-bond acceptors (Lipinski definition) is 2. The molecule has 1 aromatic rings. The van der Waals surface area contributed by atoms with Crippen LogP contribution in [0.15, 0.2) is 24.3 Å². The minimum atomic E-state index is 0.0481. The maximum absolute atomic E-state index is 11.4. The number of carbonyl (C=O) groups excluding carboxylic acids is 1. The van der Waals surface area contributed by atoms with E-state index in [0.717, 1.165) is 25.1 Å². The molecule has 0 fully saturated rings. The predicted molar refractivity (Wildman–Crippen MR) is 75.6 cm³/mol. The third-order valence-electron chi connectivity index (χ3n) is 2.15. The van der Waals surface area contributed by atoms with Crippen molar-refractivity contribution in [3.63, 3.8) is 0 Å². The lowest BCUT2D eigenvalue weighted by atomic mass is 10.3. The van der Waals surface area contributed by atoms with Crippen LogP contribution in [0.25, 0.3) is 0 Å². The quantitative estimate of drug-likeness (QED) is 0.621. The van der Waals surface area contributed by atoms with E-state index in [2.05, 4.69) is 40.1 Å². The Kier molecular flexibility index (Phi) is 6.22. The third kappa shape index (κ3) is 5.34. The summed E-state index contributed by atoms with van der Waals surface area (Å²) in [6.07, 6.45) is 2.14. The number of rotatable bonds is 6. The van der Waals surface area contributed by atoms with Gasteiger partial charge in [0.25, 0.3) is 0 Å². The lowest BCUT2D eigenvalue weighted by Crippen LogP contribution is -2.30. The molecule has 0 saturated heterocycles. The van der Waals surface area contributed by atoms with E-state index in [4.69, 9.17) is 0 Å². The summed E-state index contributed by atoms with van der Waals surface area (Å²) in [6, 6.07) is 7.97. The van der Waals surface area contributed by atoms with Crippen LogP contribution in [-0.2, 0) is 4.79 Å². The standard InChI is InChI=1S/C12H17IN2O/c1-2-3-8-14-12(16)9-15-11-6-4-10(13)5-7-11/h4-7,15H,2-3,8-9H2,1H3,(H,14,16). The normalized spacial score (nSPS) is 9.88. The van der Waals surface area contributed by atoms with Gasteiger partial charge in [0.2, 0.25) is 5.91 Å². The molecule has 0 unspecified atom stereocenters. The Labute approximate surface area is 110 Å². The number of unbranched alkanes of at least 4 members (excludes halogenated alkanes) is 1. The van der Waals surface area contributed by atoms with E-state index in [1.807, 2.05) is 24.3 Å². The fourth-order valence-corrected chi connectivity index (χ4v) is 1.58. The number of carbonyl (C=O) groups is 1. The summed E-state index contributed by atoms with van der Waals surface area (Å²) in [5, 5.41) is 5.95. The molecule has 0 saturated carbocycles. The molecule has 0 aliphatic heterocycles. The highest BCUT2D eigenvalue weighted by Crippen LogP contribution is 2.10. The first-order valence-corrected chi connectivity index (χ1v) is 6.56. The van der Waals surface area contributed by atoms with E-state index in [0.29, 0.717) is 6.54 Å². The van der Waals surface area contributed by atoms with Crippen molar-refractivity contribution in [2.75, 3.05) is 18.4 Å². The fourth-order valence-electron chi connectivity index (χ4n) is 1.22. The molecule has 1 rings (SSSR count). The van der Waals surface area contributed by atoms with Crippen molar-refractivity contribution in [1.29, 1.82) is 0 Å². The van der Waals surface area contributed by atoms with Gasteiger partial charge in [-0.15, -0.1) is 0 Å². The maximum Gasteiger partial charge on any atom is 0.239 e. The van der Waals surface area contributed by atoms with E-state index in [-0.39, 0.29) is 5.91 Å². The zero-order valence-corrected chi connectivity index (χ0v) is 11.6. The van der Waals surface area contributed by atoms with Crippen LogP contribution in [0.1, 0.15) is 19.8 Å². The Balaban J connectivity index is 2.23. The highest BCUT2D eigenvalue weighted by atomic mass is 127. The predicted octanol–water partition coefficient (Wildman–Crippen LogP) is 2.62. The number of hydrogen-bond donors (Lipinski definition) is 2. The molecule has 1 aromatic carbocycles. The van der Waals surface area contributed by atoms with Gasteiger partial charge in [-0.2, -0.15) is 0 Å². The molecule has 1 amide bonds. The Morgan fingerprint density at radius 3 is 2.62 bits per heavy atom. The highest BCUT2D eigenvalue weighted by Gasteiger charge is 1.99. The van der Waals surface area contributed by atoms with Crippen molar-refractivity contribution in [2.45, 2.75) is 19.8 Å². The van der Waals surface area contributed by atoms with Gasteiger partial charge < -0.3 is 10.6 Å². The van der Waals surface area contributed by atoms with Gasteiger partial charge in [0.05, 0.1) is 6.54 Å². The van der Waals surface area contributed by atoms with Gasteiger partial charge in [0.15, 0.2) is 0 Å². The van der Waals surface area contributed by atoms with Crippen molar-refractivity contribution in [3.8, 4) is 0 Å². The second-order valence-electron chi connectivity index (χ2n) is 3.56. The zero-order valence-electron chi connectivity index (χ0n) is 9.42. The molecule has 88 valence electrons. The maximum atomic E-state index is 11.4. The van der Waals surface area contributed by atoms with Gasteiger partial charge in [-0.3, -0.25) is 4.79 Å². The van der Waals surface area contributed by atoms with Gasteiger partial charge in [0.1, 0.15) is 0 Å². The summed E-state index contributed by atoms with van der Waals surface area (Å²) in [4.78, 5) is 11.4. The first-order chi connectivity index (χ1) is 7.72. The third-order valence-corrected chi connectivity index (χ3v) is 2.87. The van der Waals surface area contributed by atoms with E-state index >= 15 is 0 Å². The molecule has 3 nitrogen and oxygen atoms in total. The number of amides is 1. The second-order valence-corrected chi connectivity index (χ2v) is 4.81. The number of anilines is 1. The van der Waals surface area contributed by atoms with Crippen LogP contribution < -0.4 is 10.6 Å². The molecule has 4 heteroatoms. The lowest BCUT2D eigenvalue weighted by molar-refractivity contribution is -0.119. The highest BCUT2D eigenvalue weighted by molar-refractivity contribution is 14.1. The van der Waals surface area contributed by atoms with E-state index in [1.54, 1.807) is 0 Å². The van der Waals surface area contributed by atoms with Crippen LogP contribution in [0.3, 0.4) is 0 Å². The van der Waals surface area contributed by atoms with Crippen LogP contribution in [0.5, 0.6) is 0 Å². The summed E-state index contributed by atoms with van der Waals surface area (Å²) in [5.74, 6) is 0.0481. The van der Waals surface area contributed by atoms with Gasteiger partial charge >= 0.3 is 0 Å². The smallest absolute Gasteiger partial charge is 0.239 e.